The standard InChI is InChI=1S/C15H25ClN4O3S/c1-3-23-11-5-8-18-15(17-2)19-9-10-20-24(21,22)14-7-4-6-13(16)12-14/h4,6-7,12,20H,3,5,8-11H2,1-2H3,(H2,17,18,19). The van der Waals surface area contributed by atoms with Crippen LogP contribution in [-0.4, -0.2) is 54.3 Å². The SMILES string of the molecule is CCOCCCNC(=NC)NCCNS(=O)(=O)c1cccc(Cl)c1. The molecule has 0 heterocycles. The fourth-order valence-corrected chi connectivity index (χ4v) is 3.16. The molecule has 0 fully saturated rings. The Morgan fingerprint density at radius 2 is 2.00 bits per heavy atom. The smallest absolute Gasteiger partial charge is 0.240 e. The van der Waals surface area contributed by atoms with Crippen LogP contribution in [0.25, 0.3) is 0 Å². The quantitative estimate of drug-likeness (QED) is 0.324. The molecule has 1 rings (SSSR count). The van der Waals surface area contributed by atoms with E-state index < -0.39 is 10.0 Å². The molecule has 7 nitrogen and oxygen atoms in total. The van der Waals surface area contributed by atoms with Gasteiger partial charge in [0.2, 0.25) is 10.0 Å². The van der Waals surface area contributed by atoms with Crippen LogP contribution in [0.15, 0.2) is 34.2 Å². The van der Waals surface area contributed by atoms with Crippen LogP contribution < -0.4 is 15.4 Å². The highest BCUT2D eigenvalue weighted by Crippen LogP contribution is 2.14. The van der Waals surface area contributed by atoms with Gasteiger partial charge in [-0.3, -0.25) is 4.99 Å². The fourth-order valence-electron chi connectivity index (χ4n) is 1.83. The Morgan fingerprint density at radius 3 is 2.67 bits per heavy atom. The molecule has 0 bridgehead atoms. The Morgan fingerprint density at radius 1 is 1.25 bits per heavy atom. The second-order valence-electron chi connectivity index (χ2n) is 4.83. The molecular weight excluding hydrogens is 352 g/mol. The monoisotopic (exact) mass is 376 g/mol. The van der Waals surface area contributed by atoms with Crippen molar-refractivity contribution >= 4 is 27.6 Å². The molecule has 0 atom stereocenters. The van der Waals surface area contributed by atoms with Gasteiger partial charge in [-0.15, -0.1) is 0 Å². The second kappa shape index (κ2) is 11.2. The van der Waals surface area contributed by atoms with E-state index in [1.807, 2.05) is 6.92 Å². The number of hydrogen-bond acceptors (Lipinski definition) is 4. The fraction of sp³-hybridized carbons (Fsp3) is 0.533. The third-order valence-electron chi connectivity index (χ3n) is 3.00. The maximum Gasteiger partial charge on any atom is 0.240 e. The Hall–Kier alpha value is -1.35. The molecule has 0 aromatic heterocycles. The third kappa shape index (κ3) is 7.96. The summed E-state index contributed by atoms with van der Waals surface area (Å²) in [6, 6.07) is 6.14. The van der Waals surface area contributed by atoms with E-state index in [1.54, 1.807) is 19.2 Å². The van der Waals surface area contributed by atoms with Gasteiger partial charge in [0.15, 0.2) is 5.96 Å². The Bertz CT molecular complexity index is 623. The highest BCUT2D eigenvalue weighted by Gasteiger charge is 2.13. The van der Waals surface area contributed by atoms with Crippen molar-refractivity contribution in [1.29, 1.82) is 0 Å². The van der Waals surface area contributed by atoms with E-state index in [4.69, 9.17) is 16.3 Å². The zero-order chi connectivity index (χ0) is 17.8. The second-order valence-corrected chi connectivity index (χ2v) is 7.03. The lowest BCUT2D eigenvalue weighted by atomic mass is 10.4. The van der Waals surface area contributed by atoms with Gasteiger partial charge in [-0.1, -0.05) is 17.7 Å². The molecule has 1 aromatic rings. The first-order valence-corrected chi connectivity index (χ1v) is 9.63. The number of hydrogen-bond donors (Lipinski definition) is 3. The zero-order valence-electron chi connectivity index (χ0n) is 14.0. The minimum absolute atomic E-state index is 0.147. The number of guanidine groups is 1. The van der Waals surface area contributed by atoms with Crippen LogP contribution in [0.1, 0.15) is 13.3 Å². The summed E-state index contributed by atoms with van der Waals surface area (Å²) in [6.07, 6.45) is 0.871. The first kappa shape index (κ1) is 20.7. The van der Waals surface area contributed by atoms with Crippen molar-refractivity contribution in [3.8, 4) is 0 Å². The van der Waals surface area contributed by atoms with Gasteiger partial charge in [0.05, 0.1) is 4.90 Å². The minimum Gasteiger partial charge on any atom is -0.382 e. The van der Waals surface area contributed by atoms with Gasteiger partial charge in [-0.25, -0.2) is 13.1 Å². The summed E-state index contributed by atoms with van der Waals surface area (Å²) in [6.45, 7) is 4.73. The van der Waals surface area contributed by atoms with Gasteiger partial charge in [0, 0.05) is 44.9 Å². The van der Waals surface area contributed by atoms with E-state index in [0.29, 0.717) is 30.7 Å². The lowest BCUT2D eigenvalue weighted by Gasteiger charge is -2.12. The van der Waals surface area contributed by atoms with Gasteiger partial charge in [-0.2, -0.15) is 0 Å². The number of benzene rings is 1. The Balaban J connectivity index is 2.31. The predicted molar refractivity (Wildman–Crippen MR) is 97.1 cm³/mol. The van der Waals surface area contributed by atoms with Gasteiger partial charge in [-0.05, 0) is 31.5 Å². The number of rotatable bonds is 10. The van der Waals surface area contributed by atoms with Gasteiger partial charge in [0.25, 0.3) is 0 Å². The first-order chi connectivity index (χ1) is 11.5. The maximum absolute atomic E-state index is 12.1. The average Bonchev–Trinajstić information content (AvgIpc) is 2.56. The van der Waals surface area contributed by atoms with Crippen LogP contribution in [0.4, 0.5) is 0 Å². The normalized spacial score (nSPS) is 12.2. The summed E-state index contributed by atoms with van der Waals surface area (Å²) in [5.41, 5.74) is 0. The molecular formula is C15H25ClN4O3S. The van der Waals surface area contributed by atoms with Crippen molar-refractivity contribution in [2.24, 2.45) is 4.99 Å². The minimum atomic E-state index is -3.57. The Kier molecular flexibility index (Phi) is 9.70. The molecule has 0 amide bonds. The number of nitrogens with one attached hydrogen (secondary N) is 3. The molecule has 0 saturated carbocycles. The average molecular weight is 377 g/mol. The lowest BCUT2D eigenvalue weighted by Crippen LogP contribution is -2.41. The van der Waals surface area contributed by atoms with Crippen molar-refractivity contribution in [2.75, 3.05) is 39.9 Å². The zero-order valence-corrected chi connectivity index (χ0v) is 15.6. The van der Waals surface area contributed by atoms with E-state index in [-0.39, 0.29) is 11.4 Å². The molecule has 0 aliphatic heterocycles. The third-order valence-corrected chi connectivity index (χ3v) is 4.70. The first-order valence-electron chi connectivity index (χ1n) is 7.77. The van der Waals surface area contributed by atoms with Crippen molar-refractivity contribution in [2.45, 2.75) is 18.2 Å². The number of sulfonamides is 1. The summed E-state index contributed by atoms with van der Waals surface area (Å²) in [5, 5.41) is 6.55. The number of ether oxygens (including phenoxy) is 1. The van der Waals surface area contributed by atoms with Crippen LogP contribution in [0, 0.1) is 0 Å². The van der Waals surface area contributed by atoms with Gasteiger partial charge in [0.1, 0.15) is 0 Å². The van der Waals surface area contributed by atoms with E-state index in [1.165, 1.54) is 12.1 Å². The van der Waals surface area contributed by atoms with Gasteiger partial charge >= 0.3 is 0 Å². The van der Waals surface area contributed by atoms with Crippen molar-refractivity contribution in [3.63, 3.8) is 0 Å². The van der Waals surface area contributed by atoms with Crippen LogP contribution in [-0.2, 0) is 14.8 Å². The topological polar surface area (TPSA) is 91.8 Å². The lowest BCUT2D eigenvalue weighted by molar-refractivity contribution is 0.145. The Labute approximate surface area is 148 Å². The molecule has 0 aliphatic carbocycles. The summed E-state index contributed by atoms with van der Waals surface area (Å²) in [4.78, 5) is 4.22. The molecule has 0 unspecified atom stereocenters. The maximum atomic E-state index is 12.1. The summed E-state index contributed by atoms with van der Waals surface area (Å²) < 4.78 is 32.0. The largest absolute Gasteiger partial charge is 0.382 e. The molecule has 1 aromatic carbocycles. The highest BCUT2D eigenvalue weighted by molar-refractivity contribution is 7.89. The molecule has 136 valence electrons. The van der Waals surface area contributed by atoms with Crippen LogP contribution in [0.2, 0.25) is 5.02 Å². The number of nitrogens with zero attached hydrogens (tertiary/aromatic N) is 1. The summed E-state index contributed by atoms with van der Waals surface area (Å²) in [5.74, 6) is 0.619. The molecule has 3 N–H and O–H groups in total. The van der Waals surface area contributed by atoms with E-state index in [0.717, 1.165) is 13.0 Å². The van der Waals surface area contributed by atoms with E-state index in [9.17, 15) is 8.42 Å². The summed E-state index contributed by atoms with van der Waals surface area (Å²) >= 11 is 5.82. The summed E-state index contributed by atoms with van der Waals surface area (Å²) in [7, 11) is -1.91. The van der Waals surface area contributed by atoms with Crippen molar-refractivity contribution in [3.05, 3.63) is 29.3 Å². The molecule has 24 heavy (non-hydrogen) atoms. The molecule has 9 heteroatoms. The van der Waals surface area contributed by atoms with E-state index >= 15 is 0 Å². The number of aliphatic imine (C=N–C) groups is 1. The molecule has 0 aliphatic rings. The van der Waals surface area contributed by atoms with Crippen molar-refractivity contribution in [1.82, 2.24) is 15.4 Å². The van der Waals surface area contributed by atoms with Crippen molar-refractivity contribution < 1.29 is 13.2 Å². The van der Waals surface area contributed by atoms with Crippen LogP contribution >= 0.6 is 11.6 Å². The van der Waals surface area contributed by atoms with Crippen LogP contribution in [0.5, 0.6) is 0 Å². The predicted octanol–water partition coefficient (Wildman–Crippen LogP) is 1.21. The molecule has 0 radical (unpaired) electrons. The molecule has 0 spiro atoms. The van der Waals surface area contributed by atoms with Gasteiger partial charge < -0.3 is 15.4 Å². The van der Waals surface area contributed by atoms with E-state index in [2.05, 4.69) is 20.3 Å². The molecule has 0 saturated heterocycles. The van der Waals surface area contributed by atoms with Crippen LogP contribution in [0.3, 0.4) is 0 Å². The highest BCUT2D eigenvalue weighted by atomic mass is 35.5. The number of halogens is 1.